The lowest BCUT2D eigenvalue weighted by atomic mass is 10.1. The molecular weight excluding hydrogens is 402 g/mol. The van der Waals surface area contributed by atoms with Crippen LogP contribution in [-0.4, -0.2) is 18.8 Å². The number of carbonyl (C=O) groups is 1. The summed E-state index contributed by atoms with van der Waals surface area (Å²) in [5.74, 6) is 0.594. The van der Waals surface area contributed by atoms with Crippen LogP contribution in [0, 0.1) is 0 Å². The molecule has 0 aliphatic rings. The lowest BCUT2D eigenvalue weighted by molar-refractivity contribution is 0.0636. The van der Waals surface area contributed by atoms with Crippen LogP contribution in [0.3, 0.4) is 0 Å². The second kappa shape index (κ2) is 6.64. The molecule has 0 saturated carbocycles. The zero-order chi connectivity index (χ0) is 19.1. The second-order valence-electron chi connectivity index (χ2n) is 6.70. The van der Waals surface area contributed by atoms with Crippen LogP contribution >= 0.6 is 15.9 Å². The largest absolute Gasteiger partial charge is 0.496 e. The fourth-order valence-corrected chi connectivity index (χ4v) is 3.28. The molecule has 26 heavy (non-hydrogen) atoms. The van der Waals surface area contributed by atoms with E-state index in [0.29, 0.717) is 37.7 Å². The maximum absolute atomic E-state index is 12.5. The summed E-state index contributed by atoms with van der Waals surface area (Å²) in [7, 11) is 1.55. The van der Waals surface area contributed by atoms with Crippen LogP contribution in [0.15, 0.2) is 44.0 Å². The summed E-state index contributed by atoms with van der Waals surface area (Å²) in [6.07, 6.45) is -0.611. The van der Waals surface area contributed by atoms with Gasteiger partial charge in [0.15, 0.2) is 0 Å². The van der Waals surface area contributed by atoms with E-state index in [1.54, 1.807) is 58.2 Å². The highest BCUT2D eigenvalue weighted by Gasteiger charge is 2.20. The molecule has 0 aliphatic carbocycles. The number of benzene rings is 2. The number of ether oxygens (including phenoxy) is 2. The summed E-state index contributed by atoms with van der Waals surface area (Å²) in [4.78, 5) is 24.5. The summed E-state index contributed by atoms with van der Waals surface area (Å²) in [6, 6.07) is 8.70. The first-order valence-corrected chi connectivity index (χ1v) is 8.72. The van der Waals surface area contributed by atoms with Crippen LogP contribution in [0.2, 0.25) is 0 Å². The van der Waals surface area contributed by atoms with Gasteiger partial charge in [-0.05, 0) is 54.9 Å². The highest BCUT2D eigenvalue weighted by molar-refractivity contribution is 9.10. The van der Waals surface area contributed by atoms with Crippen molar-refractivity contribution in [1.29, 1.82) is 0 Å². The van der Waals surface area contributed by atoms with Crippen LogP contribution in [0.5, 0.6) is 5.75 Å². The molecular formula is C19H18BrNO5. The van der Waals surface area contributed by atoms with Crippen molar-refractivity contribution in [2.24, 2.45) is 0 Å². The van der Waals surface area contributed by atoms with E-state index in [0.717, 1.165) is 0 Å². The van der Waals surface area contributed by atoms with Crippen LogP contribution in [-0.2, 0) is 4.74 Å². The van der Waals surface area contributed by atoms with Crippen LogP contribution in [0.4, 0.5) is 10.5 Å². The molecule has 0 atom stereocenters. The molecule has 3 rings (SSSR count). The molecule has 2 aromatic carbocycles. The predicted octanol–water partition coefficient (Wildman–Crippen LogP) is 5.06. The number of hydrogen-bond donors (Lipinski definition) is 1. The van der Waals surface area contributed by atoms with Gasteiger partial charge in [0.2, 0.25) is 0 Å². The van der Waals surface area contributed by atoms with Gasteiger partial charge in [-0.3, -0.25) is 5.32 Å². The van der Waals surface area contributed by atoms with Gasteiger partial charge < -0.3 is 13.9 Å². The number of nitrogens with one attached hydrogen (secondary N) is 1. The molecule has 6 nitrogen and oxygen atoms in total. The Hall–Kier alpha value is -2.54. The Kier molecular flexibility index (Phi) is 4.66. The Morgan fingerprint density at radius 1 is 1.15 bits per heavy atom. The predicted molar refractivity (Wildman–Crippen MR) is 104 cm³/mol. The highest BCUT2D eigenvalue weighted by Crippen LogP contribution is 2.37. The third-order valence-electron chi connectivity index (χ3n) is 3.66. The average Bonchev–Trinajstić information content (AvgIpc) is 2.54. The van der Waals surface area contributed by atoms with E-state index in [1.807, 2.05) is 0 Å². The van der Waals surface area contributed by atoms with Crippen molar-refractivity contribution >= 4 is 49.5 Å². The summed E-state index contributed by atoms with van der Waals surface area (Å²) in [5, 5.41) is 4.31. The number of hydrogen-bond acceptors (Lipinski definition) is 5. The second-order valence-corrected chi connectivity index (χ2v) is 7.49. The van der Waals surface area contributed by atoms with Crippen molar-refractivity contribution in [2.45, 2.75) is 26.4 Å². The van der Waals surface area contributed by atoms with Gasteiger partial charge in [-0.2, -0.15) is 0 Å². The first kappa shape index (κ1) is 18.3. The minimum absolute atomic E-state index is 0.315. The topological polar surface area (TPSA) is 77.8 Å². The summed E-state index contributed by atoms with van der Waals surface area (Å²) >= 11 is 3.40. The van der Waals surface area contributed by atoms with Crippen molar-refractivity contribution in [3.8, 4) is 5.75 Å². The summed E-state index contributed by atoms with van der Waals surface area (Å²) < 4.78 is 16.5. The Balaban J connectivity index is 2.18. The van der Waals surface area contributed by atoms with Crippen LogP contribution in [0.25, 0.3) is 21.7 Å². The molecule has 1 heterocycles. The van der Waals surface area contributed by atoms with E-state index in [9.17, 15) is 9.59 Å². The molecule has 0 bridgehead atoms. The van der Waals surface area contributed by atoms with Crippen molar-refractivity contribution in [3.63, 3.8) is 0 Å². The van der Waals surface area contributed by atoms with E-state index in [2.05, 4.69) is 21.2 Å². The number of fused-ring (bicyclic) bond motifs is 3. The van der Waals surface area contributed by atoms with Crippen LogP contribution in [0.1, 0.15) is 20.8 Å². The van der Waals surface area contributed by atoms with E-state index in [-0.39, 0.29) is 0 Å². The minimum atomic E-state index is -0.629. The highest BCUT2D eigenvalue weighted by atomic mass is 79.9. The number of halogens is 1. The van der Waals surface area contributed by atoms with Gasteiger partial charge in [-0.1, -0.05) is 12.1 Å². The first-order chi connectivity index (χ1) is 12.2. The Morgan fingerprint density at radius 3 is 2.54 bits per heavy atom. The number of anilines is 1. The standard InChI is InChI=1S/C19H18BrNO5/c1-19(2,3)26-18(23)21-11-9-8-10-14-12(24-4)6-5-7-13(14)25-17(22)15(10)16(11)20/h5-9H,1-4H3,(H,21,23). The summed E-state index contributed by atoms with van der Waals surface area (Å²) in [6.45, 7) is 5.32. The molecule has 1 N–H and O–H groups in total. The smallest absolute Gasteiger partial charge is 0.412 e. The number of amides is 1. The molecule has 0 unspecified atom stereocenters. The zero-order valence-corrected chi connectivity index (χ0v) is 16.4. The molecule has 1 amide bonds. The van der Waals surface area contributed by atoms with Gasteiger partial charge in [0.05, 0.1) is 28.0 Å². The SMILES string of the molecule is COc1cccc2oc(=O)c3c(Br)c(NC(=O)OC(C)(C)C)ccc3c12. The van der Waals surface area contributed by atoms with Gasteiger partial charge in [-0.25, -0.2) is 9.59 Å². The Bertz CT molecular complexity index is 1070. The van der Waals surface area contributed by atoms with E-state index < -0.39 is 17.3 Å². The van der Waals surface area contributed by atoms with Crippen molar-refractivity contribution in [3.05, 3.63) is 45.2 Å². The normalized spacial score (nSPS) is 11.6. The third kappa shape index (κ3) is 3.39. The number of methoxy groups -OCH3 is 1. The van der Waals surface area contributed by atoms with Gasteiger partial charge in [-0.15, -0.1) is 0 Å². The molecule has 0 spiro atoms. The molecule has 3 aromatic rings. The monoisotopic (exact) mass is 419 g/mol. The fraction of sp³-hybridized carbons (Fsp3) is 0.263. The average molecular weight is 420 g/mol. The van der Waals surface area contributed by atoms with E-state index in [1.165, 1.54) is 0 Å². The minimum Gasteiger partial charge on any atom is -0.496 e. The molecule has 1 aromatic heterocycles. The third-order valence-corrected chi connectivity index (χ3v) is 4.49. The molecule has 0 radical (unpaired) electrons. The fourth-order valence-electron chi connectivity index (χ4n) is 2.68. The number of rotatable bonds is 2. The van der Waals surface area contributed by atoms with Gasteiger partial charge in [0, 0.05) is 5.39 Å². The number of carbonyl (C=O) groups excluding carboxylic acids is 1. The van der Waals surface area contributed by atoms with Crippen LogP contribution < -0.4 is 15.7 Å². The maximum Gasteiger partial charge on any atom is 0.412 e. The van der Waals surface area contributed by atoms with Gasteiger partial charge >= 0.3 is 11.7 Å². The molecule has 0 aliphatic heterocycles. The first-order valence-electron chi connectivity index (χ1n) is 7.93. The molecule has 136 valence electrons. The summed E-state index contributed by atoms with van der Waals surface area (Å²) in [5.41, 5.74) is -0.300. The molecule has 0 fully saturated rings. The lowest BCUT2D eigenvalue weighted by Gasteiger charge is -2.20. The van der Waals surface area contributed by atoms with Gasteiger partial charge in [0.1, 0.15) is 16.9 Å². The van der Waals surface area contributed by atoms with Crippen molar-refractivity contribution < 1.29 is 18.7 Å². The molecule has 0 saturated heterocycles. The van der Waals surface area contributed by atoms with E-state index in [4.69, 9.17) is 13.9 Å². The lowest BCUT2D eigenvalue weighted by Crippen LogP contribution is -2.27. The molecule has 7 heteroatoms. The van der Waals surface area contributed by atoms with Crippen molar-refractivity contribution in [1.82, 2.24) is 0 Å². The van der Waals surface area contributed by atoms with Gasteiger partial charge in [0.25, 0.3) is 0 Å². The Labute approximate surface area is 158 Å². The van der Waals surface area contributed by atoms with Crippen molar-refractivity contribution in [2.75, 3.05) is 12.4 Å². The zero-order valence-electron chi connectivity index (χ0n) is 14.8. The maximum atomic E-state index is 12.5. The quantitative estimate of drug-likeness (QED) is 0.463. The van der Waals surface area contributed by atoms with E-state index >= 15 is 0 Å². The Morgan fingerprint density at radius 2 is 1.88 bits per heavy atom.